The van der Waals surface area contributed by atoms with E-state index in [2.05, 4.69) is 0 Å². The van der Waals surface area contributed by atoms with Gasteiger partial charge in [0.2, 0.25) is 0 Å². The highest BCUT2D eigenvalue weighted by molar-refractivity contribution is 7.91. The summed E-state index contributed by atoms with van der Waals surface area (Å²) in [6, 6.07) is 0. The normalized spacial score (nSPS) is 13.9. The number of sulfone groups is 1. The van der Waals surface area contributed by atoms with Crippen LogP contribution in [0.4, 0.5) is 0 Å². The molecule has 1 atom stereocenters. The molecule has 0 radical (unpaired) electrons. The third-order valence-corrected chi connectivity index (χ3v) is 3.44. The summed E-state index contributed by atoms with van der Waals surface area (Å²) in [7, 11) is -3.07. The van der Waals surface area contributed by atoms with Crippen molar-refractivity contribution < 1.29 is 23.1 Å². The van der Waals surface area contributed by atoms with E-state index in [1.165, 1.54) is 6.92 Å². The van der Waals surface area contributed by atoms with E-state index in [0.717, 1.165) is 0 Å². The van der Waals surface area contributed by atoms with Crippen LogP contribution in [0.2, 0.25) is 0 Å². The molecule has 84 valence electrons. The number of carboxylic acid groups (broad SMARTS) is 1. The molecule has 0 aliphatic rings. The van der Waals surface area contributed by atoms with Crippen molar-refractivity contribution in [2.75, 3.05) is 18.1 Å². The standard InChI is InChI=1S/C8H16O5S/c1-3-5-14(11,12)6-4-13-7(2)8(9)10/h7H,3-6H2,1-2H3,(H,9,10)/t7-/m0/s1. The number of rotatable bonds is 7. The number of hydrogen-bond acceptors (Lipinski definition) is 4. The van der Waals surface area contributed by atoms with Crippen LogP contribution in [-0.4, -0.2) is 43.7 Å². The second-order valence-electron chi connectivity index (χ2n) is 3.00. The fourth-order valence-corrected chi connectivity index (χ4v) is 2.01. The average Bonchev–Trinajstić information content (AvgIpc) is 2.03. The van der Waals surface area contributed by atoms with E-state index in [-0.39, 0.29) is 18.1 Å². The van der Waals surface area contributed by atoms with Gasteiger partial charge in [0.05, 0.1) is 12.4 Å². The van der Waals surface area contributed by atoms with Gasteiger partial charge in [0.25, 0.3) is 0 Å². The zero-order chi connectivity index (χ0) is 11.2. The van der Waals surface area contributed by atoms with Crippen LogP contribution in [0.15, 0.2) is 0 Å². The molecule has 0 unspecified atom stereocenters. The molecule has 0 amide bonds. The minimum atomic E-state index is -3.07. The number of aliphatic carboxylic acids is 1. The Morgan fingerprint density at radius 1 is 1.43 bits per heavy atom. The van der Waals surface area contributed by atoms with Gasteiger partial charge in [-0.15, -0.1) is 0 Å². The number of carbonyl (C=O) groups is 1. The Kier molecular flexibility index (Phi) is 5.71. The Morgan fingerprint density at radius 3 is 2.43 bits per heavy atom. The molecule has 14 heavy (non-hydrogen) atoms. The molecule has 5 nitrogen and oxygen atoms in total. The van der Waals surface area contributed by atoms with Crippen molar-refractivity contribution in [2.45, 2.75) is 26.4 Å². The lowest BCUT2D eigenvalue weighted by atomic mass is 10.4. The number of ether oxygens (including phenoxy) is 1. The second kappa shape index (κ2) is 5.98. The fourth-order valence-electron chi connectivity index (χ4n) is 0.836. The molecule has 0 aromatic carbocycles. The molecule has 0 aromatic heterocycles. The quantitative estimate of drug-likeness (QED) is 0.672. The molecule has 0 heterocycles. The van der Waals surface area contributed by atoms with E-state index in [9.17, 15) is 13.2 Å². The third-order valence-electron chi connectivity index (χ3n) is 1.63. The zero-order valence-electron chi connectivity index (χ0n) is 8.39. The smallest absolute Gasteiger partial charge is 0.332 e. The summed E-state index contributed by atoms with van der Waals surface area (Å²) in [4.78, 5) is 10.3. The molecule has 6 heteroatoms. The van der Waals surface area contributed by atoms with Crippen molar-refractivity contribution in [3.63, 3.8) is 0 Å². The molecule has 0 bridgehead atoms. The first-order chi connectivity index (χ1) is 6.39. The lowest BCUT2D eigenvalue weighted by Gasteiger charge is -2.08. The van der Waals surface area contributed by atoms with Crippen LogP contribution in [0.1, 0.15) is 20.3 Å². The van der Waals surface area contributed by atoms with Crippen LogP contribution >= 0.6 is 0 Å². The first-order valence-corrected chi connectivity index (χ1v) is 6.26. The molecule has 1 N–H and O–H groups in total. The van der Waals surface area contributed by atoms with E-state index in [1.54, 1.807) is 6.92 Å². The van der Waals surface area contributed by atoms with Crippen LogP contribution in [0.5, 0.6) is 0 Å². The molecule has 0 aliphatic carbocycles. The molecule has 0 aromatic rings. The summed E-state index contributed by atoms with van der Waals surface area (Å²) < 4.78 is 27.1. The van der Waals surface area contributed by atoms with Gasteiger partial charge in [-0.25, -0.2) is 13.2 Å². The summed E-state index contributed by atoms with van der Waals surface area (Å²) in [6.07, 6.45) is -0.386. The minimum absolute atomic E-state index is 0.0597. The van der Waals surface area contributed by atoms with Crippen molar-refractivity contribution in [1.29, 1.82) is 0 Å². The Morgan fingerprint density at radius 2 is 2.00 bits per heavy atom. The van der Waals surface area contributed by atoms with Crippen LogP contribution in [-0.2, 0) is 19.4 Å². The molecule has 0 saturated heterocycles. The molecule has 0 aliphatic heterocycles. The van der Waals surface area contributed by atoms with E-state index in [4.69, 9.17) is 9.84 Å². The van der Waals surface area contributed by atoms with Crippen LogP contribution in [0.3, 0.4) is 0 Å². The Bertz CT molecular complexity index is 269. The largest absolute Gasteiger partial charge is 0.479 e. The van der Waals surface area contributed by atoms with E-state index in [0.29, 0.717) is 6.42 Å². The van der Waals surface area contributed by atoms with Gasteiger partial charge < -0.3 is 9.84 Å². The maximum absolute atomic E-state index is 11.2. The average molecular weight is 224 g/mol. The minimum Gasteiger partial charge on any atom is -0.479 e. The topological polar surface area (TPSA) is 80.7 Å². The van der Waals surface area contributed by atoms with Gasteiger partial charge in [0.15, 0.2) is 15.9 Å². The van der Waals surface area contributed by atoms with Crippen molar-refractivity contribution >= 4 is 15.8 Å². The molecule has 0 rings (SSSR count). The first-order valence-electron chi connectivity index (χ1n) is 4.44. The van der Waals surface area contributed by atoms with Crippen molar-refractivity contribution in [1.82, 2.24) is 0 Å². The third kappa shape index (κ3) is 5.93. The lowest BCUT2D eigenvalue weighted by molar-refractivity contribution is -0.148. The van der Waals surface area contributed by atoms with E-state index < -0.39 is 21.9 Å². The monoisotopic (exact) mass is 224 g/mol. The van der Waals surface area contributed by atoms with Gasteiger partial charge in [0, 0.05) is 5.75 Å². The van der Waals surface area contributed by atoms with Crippen molar-refractivity contribution in [3.8, 4) is 0 Å². The van der Waals surface area contributed by atoms with E-state index in [1.807, 2.05) is 0 Å². The maximum Gasteiger partial charge on any atom is 0.332 e. The predicted octanol–water partition coefficient (Wildman–Crippen LogP) is 0.301. The zero-order valence-corrected chi connectivity index (χ0v) is 9.21. The van der Waals surface area contributed by atoms with Crippen LogP contribution in [0.25, 0.3) is 0 Å². The van der Waals surface area contributed by atoms with Crippen molar-refractivity contribution in [2.24, 2.45) is 0 Å². The predicted molar refractivity (Wildman–Crippen MR) is 52.0 cm³/mol. The fraction of sp³-hybridized carbons (Fsp3) is 0.875. The molecule has 0 spiro atoms. The summed E-state index contributed by atoms with van der Waals surface area (Å²) >= 11 is 0. The summed E-state index contributed by atoms with van der Waals surface area (Å²) in [5.74, 6) is -1.08. The highest BCUT2D eigenvalue weighted by Crippen LogP contribution is 1.96. The van der Waals surface area contributed by atoms with Gasteiger partial charge >= 0.3 is 5.97 Å². The van der Waals surface area contributed by atoms with Crippen LogP contribution < -0.4 is 0 Å². The van der Waals surface area contributed by atoms with Crippen molar-refractivity contribution in [3.05, 3.63) is 0 Å². The van der Waals surface area contributed by atoms with Gasteiger partial charge in [-0.05, 0) is 13.3 Å². The molecular formula is C8H16O5S. The summed E-state index contributed by atoms with van der Waals surface area (Å²) in [5, 5.41) is 8.44. The Balaban J connectivity index is 3.79. The second-order valence-corrected chi connectivity index (χ2v) is 5.31. The maximum atomic E-state index is 11.2. The van der Waals surface area contributed by atoms with Gasteiger partial charge in [0.1, 0.15) is 0 Å². The SMILES string of the molecule is CCCS(=O)(=O)CCO[C@@H](C)C(=O)O. The van der Waals surface area contributed by atoms with Gasteiger partial charge in [-0.1, -0.05) is 6.92 Å². The first kappa shape index (κ1) is 13.4. The number of hydrogen-bond donors (Lipinski definition) is 1. The Labute approximate surface area is 84.0 Å². The highest BCUT2D eigenvalue weighted by Gasteiger charge is 2.14. The Hall–Kier alpha value is -0.620. The van der Waals surface area contributed by atoms with E-state index >= 15 is 0 Å². The van der Waals surface area contributed by atoms with Gasteiger partial charge in [-0.2, -0.15) is 0 Å². The molecular weight excluding hydrogens is 208 g/mol. The highest BCUT2D eigenvalue weighted by atomic mass is 32.2. The number of carboxylic acids is 1. The molecule has 0 saturated carbocycles. The molecule has 0 fully saturated rings. The summed E-state index contributed by atoms with van der Waals surface area (Å²) in [5.41, 5.74) is 0. The summed E-state index contributed by atoms with van der Waals surface area (Å²) in [6.45, 7) is 3.09. The lowest BCUT2D eigenvalue weighted by Crippen LogP contribution is -2.24. The van der Waals surface area contributed by atoms with Gasteiger partial charge in [-0.3, -0.25) is 0 Å². The van der Waals surface area contributed by atoms with Crippen LogP contribution in [0, 0.1) is 0 Å².